The molecule has 184 valence electrons. The van der Waals surface area contributed by atoms with Gasteiger partial charge >= 0.3 is 6.03 Å². The van der Waals surface area contributed by atoms with E-state index < -0.39 is 0 Å². The molecule has 3 aliphatic rings. The van der Waals surface area contributed by atoms with Gasteiger partial charge in [-0.25, -0.2) is 4.79 Å². The molecule has 1 aromatic carbocycles. The van der Waals surface area contributed by atoms with Crippen LogP contribution in [0.2, 0.25) is 0 Å². The minimum absolute atomic E-state index is 0.0304. The van der Waals surface area contributed by atoms with Gasteiger partial charge in [-0.1, -0.05) is 65.3 Å². The number of allylic oxidation sites excluding steroid dienone is 1. The van der Waals surface area contributed by atoms with Crippen molar-refractivity contribution in [1.82, 2.24) is 9.80 Å². The van der Waals surface area contributed by atoms with Crippen LogP contribution in [0.5, 0.6) is 0 Å². The zero-order chi connectivity index (χ0) is 24.2. The monoisotopic (exact) mass is 453 g/mol. The van der Waals surface area contributed by atoms with Crippen molar-refractivity contribution >= 4 is 11.7 Å². The summed E-state index contributed by atoms with van der Waals surface area (Å²) in [6.07, 6.45) is 7.04. The molecular formula is C29H47N3O. The summed E-state index contributed by atoms with van der Waals surface area (Å²) in [5.74, 6) is 1.93. The van der Waals surface area contributed by atoms with Gasteiger partial charge < -0.3 is 15.1 Å². The molecule has 1 aromatic rings. The van der Waals surface area contributed by atoms with Gasteiger partial charge in [0.05, 0.1) is 0 Å². The number of fused-ring (bicyclic) bond motifs is 1. The Morgan fingerprint density at radius 2 is 1.79 bits per heavy atom. The normalized spacial score (nSPS) is 22.0. The second-order valence-corrected chi connectivity index (χ2v) is 11.2. The topological polar surface area (TPSA) is 35.6 Å². The Morgan fingerprint density at radius 1 is 1.12 bits per heavy atom. The molecule has 0 spiro atoms. The standard InChI is InChI=1S/C29H47N3O/c1-8-31(9-2)18-10-11-22(5)32(20-24-12-15-25-19-27(24)29(25,6)7)28(33)30-26-16-13-23(14-17-26)21(3)4/h12-14,16-17,21-22,25,27H,8-11,15,18-20H2,1-7H3,(H,30,33). The third-order valence-corrected chi connectivity index (χ3v) is 8.55. The Balaban J connectivity index is 1.70. The van der Waals surface area contributed by atoms with E-state index in [4.69, 9.17) is 0 Å². The molecular weight excluding hydrogens is 406 g/mol. The van der Waals surface area contributed by atoms with Crippen LogP contribution >= 0.6 is 0 Å². The number of carbonyl (C=O) groups excluding carboxylic acids is 1. The first-order chi connectivity index (χ1) is 15.7. The third kappa shape index (κ3) is 6.01. The number of carbonyl (C=O) groups is 1. The zero-order valence-electron chi connectivity index (χ0n) is 22.2. The number of benzene rings is 1. The molecule has 2 amide bonds. The summed E-state index contributed by atoms with van der Waals surface area (Å²) >= 11 is 0. The van der Waals surface area contributed by atoms with E-state index in [1.807, 2.05) is 12.1 Å². The van der Waals surface area contributed by atoms with Gasteiger partial charge in [-0.15, -0.1) is 0 Å². The van der Waals surface area contributed by atoms with Gasteiger partial charge in [0.2, 0.25) is 0 Å². The van der Waals surface area contributed by atoms with E-state index in [2.05, 4.69) is 81.8 Å². The quantitative estimate of drug-likeness (QED) is 0.361. The minimum Gasteiger partial charge on any atom is -0.318 e. The van der Waals surface area contributed by atoms with Crippen molar-refractivity contribution in [2.45, 2.75) is 86.1 Å². The summed E-state index contributed by atoms with van der Waals surface area (Å²) in [6, 6.07) is 8.56. The van der Waals surface area contributed by atoms with Gasteiger partial charge in [-0.2, -0.15) is 0 Å². The van der Waals surface area contributed by atoms with Gasteiger partial charge in [-0.05, 0) is 93.1 Å². The van der Waals surface area contributed by atoms with Crippen molar-refractivity contribution in [3.63, 3.8) is 0 Å². The lowest BCUT2D eigenvalue weighted by atomic mass is 9.49. The van der Waals surface area contributed by atoms with Gasteiger partial charge in [0.25, 0.3) is 0 Å². The average molecular weight is 454 g/mol. The molecule has 3 atom stereocenters. The molecule has 0 heterocycles. The number of nitrogens with one attached hydrogen (secondary N) is 1. The number of urea groups is 1. The smallest absolute Gasteiger partial charge is 0.318 e. The molecule has 3 aliphatic carbocycles. The molecule has 4 rings (SSSR count). The van der Waals surface area contributed by atoms with E-state index in [-0.39, 0.29) is 12.1 Å². The number of anilines is 1. The van der Waals surface area contributed by atoms with Gasteiger partial charge in [-0.3, -0.25) is 0 Å². The fourth-order valence-electron chi connectivity index (χ4n) is 5.73. The first-order valence-corrected chi connectivity index (χ1v) is 13.3. The Labute approximate surface area is 202 Å². The van der Waals surface area contributed by atoms with Crippen molar-refractivity contribution in [1.29, 1.82) is 0 Å². The lowest BCUT2D eigenvalue weighted by molar-refractivity contribution is -0.0103. The summed E-state index contributed by atoms with van der Waals surface area (Å²) in [4.78, 5) is 18.1. The number of amides is 2. The number of rotatable bonds is 11. The van der Waals surface area contributed by atoms with Crippen LogP contribution in [0.1, 0.15) is 85.6 Å². The lowest BCUT2D eigenvalue weighted by Gasteiger charge is -2.57. The predicted octanol–water partition coefficient (Wildman–Crippen LogP) is 7.15. The van der Waals surface area contributed by atoms with Gasteiger partial charge in [0.1, 0.15) is 0 Å². The fourth-order valence-corrected chi connectivity index (χ4v) is 5.73. The van der Waals surface area contributed by atoms with Gasteiger partial charge in [0, 0.05) is 18.3 Å². The van der Waals surface area contributed by atoms with Crippen molar-refractivity contribution in [3.8, 4) is 0 Å². The molecule has 4 heteroatoms. The highest BCUT2D eigenvalue weighted by Gasteiger charge is 2.51. The number of nitrogens with zero attached hydrogens (tertiary/aromatic N) is 2. The van der Waals surface area contributed by atoms with E-state index in [9.17, 15) is 4.79 Å². The Bertz CT molecular complexity index is 807. The zero-order valence-corrected chi connectivity index (χ0v) is 22.2. The average Bonchev–Trinajstić information content (AvgIpc) is 2.80. The molecule has 0 radical (unpaired) electrons. The Kier molecular flexibility index (Phi) is 8.66. The molecule has 2 bridgehead atoms. The Hall–Kier alpha value is -1.81. The molecule has 1 fully saturated rings. The maximum absolute atomic E-state index is 13.5. The van der Waals surface area contributed by atoms with Crippen LogP contribution in [0, 0.1) is 17.3 Å². The molecule has 0 aromatic heterocycles. The van der Waals surface area contributed by atoms with Crippen LogP contribution in [0.3, 0.4) is 0 Å². The molecule has 4 nitrogen and oxygen atoms in total. The maximum Gasteiger partial charge on any atom is 0.322 e. The maximum atomic E-state index is 13.5. The highest BCUT2D eigenvalue weighted by atomic mass is 16.2. The fraction of sp³-hybridized carbons (Fsp3) is 0.690. The van der Waals surface area contributed by atoms with Crippen LogP contribution in [-0.4, -0.2) is 48.1 Å². The van der Waals surface area contributed by atoms with Crippen molar-refractivity contribution < 1.29 is 4.79 Å². The predicted molar refractivity (Wildman–Crippen MR) is 141 cm³/mol. The van der Waals surface area contributed by atoms with Gasteiger partial charge in [0.15, 0.2) is 0 Å². The van der Waals surface area contributed by atoms with Crippen molar-refractivity contribution in [3.05, 3.63) is 41.5 Å². The molecule has 1 saturated carbocycles. The van der Waals surface area contributed by atoms with E-state index in [1.165, 1.54) is 24.0 Å². The summed E-state index contributed by atoms with van der Waals surface area (Å²) < 4.78 is 0. The second kappa shape index (κ2) is 11.1. The summed E-state index contributed by atoms with van der Waals surface area (Å²) in [5.41, 5.74) is 4.03. The highest BCUT2D eigenvalue weighted by Crippen LogP contribution is 2.59. The van der Waals surface area contributed by atoms with E-state index in [0.717, 1.165) is 50.6 Å². The summed E-state index contributed by atoms with van der Waals surface area (Å²) in [7, 11) is 0. The first-order valence-electron chi connectivity index (χ1n) is 13.3. The highest BCUT2D eigenvalue weighted by molar-refractivity contribution is 5.89. The van der Waals surface area contributed by atoms with Crippen molar-refractivity contribution in [2.24, 2.45) is 17.3 Å². The number of hydrogen-bond donors (Lipinski definition) is 1. The van der Waals surface area contributed by atoms with E-state index in [1.54, 1.807) is 0 Å². The molecule has 33 heavy (non-hydrogen) atoms. The van der Waals surface area contributed by atoms with Crippen LogP contribution < -0.4 is 5.32 Å². The van der Waals surface area contributed by atoms with Crippen LogP contribution in [0.25, 0.3) is 0 Å². The second-order valence-electron chi connectivity index (χ2n) is 11.2. The summed E-state index contributed by atoms with van der Waals surface area (Å²) in [5, 5.41) is 3.20. The third-order valence-electron chi connectivity index (χ3n) is 8.55. The van der Waals surface area contributed by atoms with E-state index in [0.29, 0.717) is 17.3 Å². The summed E-state index contributed by atoms with van der Waals surface area (Å²) in [6.45, 7) is 19.9. The largest absolute Gasteiger partial charge is 0.322 e. The van der Waals surface area contributed by atoms with Crippen LogP contribution in [0.15, 0.2) is 35.9 Å². The van der Waals surface area contributed by atoms with Crippen LogP contribution in [-0.2, 0) is 0 Å². The molecule has 1 N–H and O–H groups in total. The first kappa shape index (κ1) is 25.8. The Morgan fingerprint density at radius 3 is 2.33 bits per heavy atom. The minimum atomic E-state index is 0.0304. The SMILES string of the molecule is CCN(CC)CCCC(C)N(CC1=CCC2CC1C2(C)C)C(=O)Nc1ccc(C(C)C)cc1. The van der Waals surface area contributed by atoms with Crippen LogP contribution in [0.4, 0.5) is 10.5 Å². The number of hydrogen-bond acceptors (Lipinski definition) is 2. The lowest BCUT2D eigenvalue weighted by Crippen LogP contribution is -2.51. The molecule has 3 unspecified atom stereocenters. The molecule has 0 aliphatic heterocycles. The molecule has 0 saturated heterocycles. The van der Waals surface area contributed by atoms with E-state index >= 15 is 0 Å². The van der Waals surface area contributed by atoms with Crippen molar-refractivity contribution in [2.75, 3.05) is 31.5 Å².